The first kappa shape index (κ1) is 16.0. The molecule has 1 rings (SSSR count). The summed E-state index contributed by atoms with van der Waals surface area (Å²) in [6.07, 6.45) is 8.52. The van der Waals surface area contributed by atoms with Gasteiger partial charge in [0.2, 0.25) is 5.91 Å². The Morgan fingerprint density at radius 2 is 1.68 bits per heavy atom. The van der Waals surface area contributed by atoms with Crippen molar-refractivity contribution in [2.75, 3.05) is 6.54 Å². The van der Waals surface area contributed by atoms with Gasteiger partial charge in [-0.1, -0.05) is 32.1 Å². The van der Waals surface area contributed by atoms with Crippen LogP contribution in [0.3, 0.4) is 0 Å². The van der Waals surface area contributed by atoms with E-state index in [1.165, 1.54) is 6.42 Å². The molecule has 0 unspecified atom stereocenters. The molecule has 1 fully saturated rings. The molecule has 0 saturated heterocycles. The van der Waals surface area contributed by atoms with Gasteiger partial charge in [-0.3, -0.25) is 9.59 Å². The Kier molecular flexibility index (Phi) is 6.84. The molecule has 1 aliphatic carbocycles. The van der Waals surface area contributed by atoms with E-state index in [0.29, 0.717) is 13.0 Å². The molecule has 19 heavy (non-hydrogen) atoms. The number of nitrogens with two attached hydrogens (primary N) is 1. The number of carboxylic acid groups (broad SMARTS) is 1. The summed E-state index contributed by atoms with van der Waals surface area (Å²) < 4.78 is 0. The molecule has 1 aliphatic rings. The predicted molar refractivity (Wildman–Crippen MR) is 73.7 cm³/mol. The second-order valence-electron chi connectivity index (χ2n) is 5.53. The predicted octanol–water partition coefficient (Wildman–Crippen LogP) is 1.80. The Morgan fingerprint density at radius 1 is 1.05 bits per heavy atom. The minimum Gasteiger partial charge on any atom is -0.481 e. The SMILES string of the molecule is NC1(C(=O)NCCCCCCC(=O)O)CCCCC1. The third-order valence-electron chi connectivity index (χ3n) is 3.80. The zero-order valence-electron chi connectivity index (χ0n) is 11.6. The highest BCUT2D eigenvalue weighted by Crippen LogP contribution is 2.25. The van der Waals surface area contributed by atoms with Gasteiger partial charge >= 0.3 is 5.97 Å². The van der Waals surface area contributed by atoms with Gasteiger partial charge in [-0.15, -0.1) is 0 Å². The minimum atomic E-state index is -0.740. The first-order chi connectivity index (χ1) is 9.04. The highest BCUT2D eigenvalue weighted by molar-refractivity contribution is 5.86. The van der Waals surface area contributed by atoms with Crippen molar-refractivity contribution in [2.45, 2.75) is 69.7 Å². The molecule has 0 aliphatic heterocycles. The van der Waals surface area contributed by atoms with Crippen molar-refractivity contribution >= 4 is 11.9 Å². The fourth-order valence-corrected chi connectivity index (χ4v) is 2.54. The van der Waals surface area contributed by atoms with Crippen LogP contribution in [0.15, 0.2) is 0 Å². The van der Waals surface area contributed by atoms with E-state index < -0.39 is 11.5 Å². The fourth-order valence-electron chi connectivity index (χ4n) is 2.54. The molecule has 1 amide bonds. The molecular formula is C14H26N2O3. The summed E-state index contributed by atoms with van der Waals surface area (Å²) in [6.45, 7) is 0.644. The maximum Gasteiger partial charge on any atom is 0.303 e. The summed E-state index contributed by atoms with van der Waals surface area (Å²) in [6, 6.07) is 0. The van der Waals surface area contributed by atoms with Crippen LogP contribution >= 0.6 is 0 Å². The van der Waals surface area contributed by atoms with E-state index in [1.54, 1.807) is 0 Å². The molecule has 5 heteroatoms. The highest BCUT2D eigenvalue weighted by atomic mass is 16.4. The number of rotatable bonds is 8. The Labute approximate surface area is 114 Å². The van der Waals surface area contributed by atoms with Crippen LogP contribution in [0.2, 0.25) is 0 Å². The summed E-state index contributed by atoms with van der Waals surface area (Å²) in [5.41, 5.74) is 5.47. The zero-order valence-corrected chi connectivity index (χ0v) is 11.6. The zero-order chi connectivity index (χ0) is 14.1. The van der Waals surface area contributed by atoms with Crippen LogP contribution < -0.4 is 11.1 Å². The topological polar surface area (TPSA) is 92.4 Å². The van der Waals surface area contributed by atoms with Gasteiger partial charge in [-0.2, -0.15) is 0 Å². The summed E-state index contributed by atoms with van der Waals surface area (Å²) in [7, 11) is 0. The molecule has 0 atom stereocenters. The summed E-state index contributed by atoms with van der Waals surface area (Å²) in [5, 5.41) is 11.4. The minimum absolute atomic E-state index is 0.0160. The smallest absolute Gasteiger partial charge is 0.303 e. The highest BCUT2D eigenvalue weighted by Gasteiger charge is 2.34. The number of hydrogen-bond acceptors (Lipinski definition) is 3. The molecule has 0 aromatic rings. The monoisotopic (exact) mass is 270 g/mol. The first-order valence-electron chi connectivity index (χ1n) is 7.33. The van der Waals surface area contributed by atoms with Gasteiger partial charge in [0.25, 0.3) is 0 Å². The molecule has 0 heterocycles. The third kappa shape index (κ3) is 6.05. The largest absolute Gasteiger partial charge is 0.481 e. The van der Waals surface area contributed by atoms with Crippen LogP contribution in [-0.2, 0) is 9.59 Å². The number of carbonyl (C=O) groups is 2. The van der Waals surface area contributed by atoms with E-state index in [9.17, 15) is 9.59 Å². The number of carbonyl (C=O) groups excluding carboxylic acids is 1. The number of aliphatic carboxylic acids is 1. The molecule has 0 aromatic carbocycles. The van der Waals surface area contributed by atoms with Crippen LogP contribution in [0.4, 0.5) is 0 Å². The Bertz CT molecular complexity index is 299. The van der Waals surface area contributed by atoms with Crippen molar-refractivity contribution in [1.29, 1.82) is 0 Å². The second kappa shape index (κ2) is 8.15. The standard InChI is InChI=1S/C14H26N2O3/c15-14(9-5-3-6-10-14)13(19)16-11-7-2-1-4-8-12(17)18/h1-11,15H2,(H,16,19)(H,17,18). The molecule has 0 aromatic heterocycles. The molecule has 0 bridgehead atoms. The maximum absolute atomic E-state index is 12.0. The molecule has 110 valence electrons. The van der Waals surface area contributed by atoms with Crippen LogP contribution in [0, 0.1) is 0 Å². The number of nitrogens with one attached hydrogen (secondary N) is 1. The van der Waals surface area contributed by atoms with Gasteiger partial charge in [-0.05, 0) is 25.7 Å². The molecule has 0 spiro atoms. The van der Waals surface area contributed by atoms with E-state index in [-0.39, 0.29) is 12.3 Å². The van der Waals surface area contributed by atoms with Crippen molar-refractivity contribution in [2.24, 2.45) is 5.73 Å². The molecular weight excluding hydrogens is 244 g/mol. The Balaban J connectivity index is 2.05. The maximum atomic E-state index is 12.0. The van der Waals surface area contributed by atoms with Gasteiger partial charge < -0.3 is 16.2 Å². The molecule has 5 nitrogen and oxygen atoms in total. The normalized spacial score (nSPS) is 17.9. The number of hydrogen-bond donors (Lipinski definition) is 3. The van der Waals surface area contributed by atoms with Gasteiger partial charge in [-0.25, -0.2) is 0 Å². The van der Waals surface area contributed by atoms with Gasteiger partial charge in [0.1, 0.15) is 0 Å². The van der Waals surface area contributed by atoms with Gasteiger partial charge in [0, 0.05) is 13.0 Å². The number of amides is 1. The van der Waals surface area contributed by atoms with Crippen LogP contribution in [-0.4, -0.2) is 29.1 Å². The molecule has 0 radical (unpaired) electrons. The Hall–Kier alpha value is -1.10. The second-order valence-corrected chi connectivity index (χ2v) is 5.53. The van der Waals surface area contributed by atoms with Crippen LogP contribution in [0.5, 0.6) is 0 Å². The lowest BCUT2D eigenvalue weighted by Gasteiger charge is -2.31. The van der Waals surface area contributed by atoms with Crippen molar-refractivity contribution in [3.8, 4) is 0 Å². The first-order valence-corrected chi connectivity index (χ1v) is 7.33. The van der Waals surface area contributed by atoms with Gasteiger partial charge in [0.15, 0.2) is 0 Å². The lowest BCUT2D eigenvalue weighted by molar-refractivity contribution is -0.137. The lowest BCUT2D eigenvalue weighted by Crippen LogP contribution is -2.55. The number of carboxylic acids is 1. The van der Waals surface area contributed by atoms with E-state index in [1.807, 2.05) is 0 Å². The van der Waals surface area contributed by atoms with Crippen LogP contribution in [0.25, 0.3) is 0 Å². The van der Waals surface area contributed by atoms with E-state index in [4.69, 9.17) is 10.8 Å². The summed E-state index contributed by atoms with van der Waals surface area (Å²) in [5.74, 6) is -0.756. The molecule has 1 saturated carbocycles. The van der Waals surface area contributed by atoms with Crippen molar-refractivity contribution < 1.29 is 14.7 Å². The lowest BCUT2D eigenvalue weighted by atomic mass is 9.82. The summed E-state index contributed by atoms with van der Waals surface area (Å²) >= 11 is 0. The average molecular weight is 270 g/mol. The van der Waals surface area contributed by atoms with E-state index in [2.05, 4.69) is 5.32 Å². The van der Waals surface area contributed by atoms with Crippen molar-refractivity contribution in [3.05, 3.63) is 0 Å². The van der Waals surface area contributed by atoms with Crippen molar-refractivity contribution in [1.82, 2.24) is 5.32 Å². The fraction of sp³-hybridized carbons (Fsp3) is 0.857. The van der Waals surface area contributed by atoms with Crippen molar-refractivity contribution in [3.63, 3.8) is 0 Å². The van der Waals surface area contributed by atoms with Crippen LogP contribution in [0.1, 0.15) is 64.2 Å². The number of unbranched alkanes of at least 4 members (excludes halogenated alkanes) is 3. The Morgan fingerprint density at radius 3 is 2.32 bits per heavy atom. The quantitative estimate of drug-likeness (QED) is 0.586. The average Bonchev–Trinajstić information content (AvgIpc) is 2.38. The molecule has 4 N–H and O–H groups in total. The van der Waals surface area contributed by atoms with E-state index >= 15 is 0 Å². The summed E-state index contributed by atoms with van der Waals surface area (Å²) in [4.78, 5) is 22.3. The third-order valence-corrected chi connectivity index (χ3v) is 3.80. The van der Waals surface area contributed by atoms with E-state index in [0.717, 1.165) is 44.9 Å². The van der Waals surface area contributed by atoms with Gasteiger partial charge in [0.05, 0.1) is 5.54 Å².